The van der Waals surface area contributed by atoms with Crippen LogP contribution in [0.5, 0.6) is 0 Å². The third kappa shape index (κ3) is 3.20. The van der Waals surface area contributed by atoms with Gasteiger partial charge in [-0.3, -0.25) is 0 Å². The fraction of sp³-hybridized carbons (Fsp3) is 0.286. The van der Waals surface area contributed by atoms with E-state index < -0.39 is 0 Å². The lowest BCUT2D eigenvalue weighted by molar-refractivity contribution is 0.458. The molecule has 0 saturated carbocycles. The monoisotopic (exact) mass is 293 g/mol. The highest BCUT2D eigenvalue weighted by Gasteiger charge is 2.07. The molecule has 0 amide bonds. The Morgan fingerprint density at radius 2 is 2.18 bits per heavy atom. The lowest BCUT2D eigenvalue weighted by atomic mass is 10.1. The van der Waals surface area contributed by atoms with Gasteiger partial charge < -0.3 is 9.73 Å². The van der Waals surface area contributed by atoms with Gasteiger partial charge in [0.2, 0.25) is 0 Å². The molecular formula is C14H16BrNO. The number of furan rings is 1. The zero-order valence-electron chi connectivity index (χ0n) is 10.0. The molecule has 90 valence electrons. The van der Waals surface area contributed by atoms with Crippen LogP contribution in [0.15, 0.2) is 45.5 Å². The zero-order valence-corrected chi connectivity index (χ0v) is 11.6. The van der Waals surface area contributed by atoms with E-state index in [1.807, 2.05) is 12.1 Å². The maximum absolute atomic E-state index is 5.40. The van der Waals surface area contributed by atoms with Gasteiger partial charge in [0.15, 0.2) is 0 Å². The van der Waals surface area contributed by atoms with E-state index in [1.165, 1.54) is 11.1 Å². The van der Waals surface area contributed by atoms with Crippen molar-refractivity contribution in [3.63, 3.8) is 0 Å². The molecule has 0 bridgehead atoms. The van der Waals surface area contributed by atoms with E-state index in [0.717, 1.165) is 16.8 Å². The lowest BCUT2D eigenvalue weighted by Gasteiger charge is -2.13. The largest absolute Gasteiger partial charge is 0.468 e. The summed E-state index contributed by atoms with van der Waals surface area (Å²) in [6.45, 7) is 4.97. The van der Waals surface area contributed by atoms with E-state index in [2.05, 4.69) is 53.3 Å². The second-order valence-corrected chi connectivity index (χ2v) is 5.10. The van der Waals surface area contributed by atoms with Crippen molar-refractivity contribution >= 4 is 15.9 Å². The van der Waals surface area contributed by atoms with Gasteiger partial charge in [-0.25, -0.2) is 0 Å². The predicted molar refractivity (Wildman–Crippen MR) is 72.8 cm³/mol. The summed E-state index contributed by atoms with van der Waals surface area (Å²) in [4.78, 5) is 0. The van der Waals surface area contributed by atoms with Crippen LogP contribution in [0.1, 0.15) is 29.9 Å². The predicted octanol–water partition coefficient (Wildman–Crippen LogP) is 4.20. The van der Waals surface area contributed by atoms with Gasteiger partial charge in [0.1, 0.15) is 5.76 Å². The summed E-state index contributed by atoms with van der Waals surface area (Å²) in [5.74, 6) is 1.01. The SMILES string of the molecule is Cc1ccoc1CN[C@@H](C)c1cccc(Br)c1. The maximum atomic E-state index is 5.40. The average Bonchev–Trinajstić information content (AvgIpc) is 2.72. The number of rotatable bonds is 4. The van der Waals surface area contributed by atoms with Crippen molar-refractivity contribution in [3.05, 3.63) is 58.0 Å². The van der Waals surface area contributed by atoms with Gasteiger partial charge in [-0.05, 0) is 43.2 Å². The van der Waals surface area contributed by atoms with Crippen LogP contribution in [0.4, 0.5) is 0 Å². The Morgan fingerprint density at radius 3 is 2.82 bits per heavy atom. The Hall–Kier alpha value is -1.06. The van der Waals surface area contributed by atoms with Crippen molar-refractivity contribution < 1.29 is 4.42 Å². The molecule has 0 saturated heterocycles. The minimum atomic E-state index is 0.303. The molecule has 0 aliphatic rings. The van der Waals surface area contributed by atoms with Crippen molar-refractivity contribution in [1.82, 2.24) is 5.32 Å². The first kappa shape index (κ1) is 12.4. The van der Waals surface area contributed by atoms with Crippen LogP contribution in [-0.2, 0) is 6.54 Å². The Bertz CT molecular complexity index is 492. The van der Waals surface area contributed by atoms with Crippen LogP contribution in [-0.4, -0.2) is 0 Å². The molecule has 2 nitrogen and oxygen atoms in total. The minimum absolute atomic E-state index is 0.303. The standard InChI is InChI=1S/C14H16BrNO/c1-10-6-7-17-14(10)9-16-11(2)12-4-3-5-13(15)8-12/h3-8,11,16H,9H2,1-2H3/t11-/m0/s1. The summed E-state index contributed by atoms with van der Waals surface area (Å²) in [6, 6.07) is 10.6. The molecule has 1 aromatic carbocycles. The van der Waals surface area contributed by atoms with Gasteiger partial charge >= 0.3 is 0 Å². The van der Waals surface area contributed by atoms with Crippen molar-refractivity contribution in [2.45, 2.75) is 26.4 Å². The number of aryl methyl sites for hydroxylation is 1. The Morgan fingerprint density at radius 1 is 1.35 bits per heavy atom. The molecule has 0 spiro atoms. The topological polar surface area (TPSA) is 25.2 Å². The summed E-state index contributed by atoms with van der Waals surface area (Å²) in [5.41, 5.74) is 2.46. The van der Waals surface area contributed by atoms with Crippen LogP contribution in [0.2, 0.25) is 0 Å². The Labute approximate surface area is 110 Å². The third-order valence-corrected chi connectivity index (χ3v) is 3.38. The molecular weight excluding hydrogens is 278 g/mol. The number of halogens is 1. The summed E-state index contributed by atoms with van der Waals surface area (Å²) >= 11 is 3.49. The van der Waals surface area contributed by atoms with Gasteiger partial charge in [-0.1, -0.05) is 28.1 Å². The van der Waals surface area contributed by atoms with E-state index >= 15 is 0 Å². The Kier molecular flexibility index (Phi) is 4.02. The van der Waals surface area contributed by atoms with E-state index in [9.17, 15) is 0 Å². The minimum Gasteiger partial charge on any atom is -0.468 e. The molecule has 0 unspecified atom stereocenters. The number of hydrogen-bond acceptors (Lipinski definition) is 2. The second kappa shape index (κ2) is 5.52. The van der Waals surface area contributed by atoms with Gasteiger partial charge in [0, 0.05) is 10.5 Å². The molecule has 17 heavy (non-hydrogen) atoms. The van der Waals surface area contributed by atoms with Gasteiger partial charge in [0.05, 0.1) is 12.8 Å². The summed E-state index contributed by atoms with van der Waals surface area (Å²) < 4.78 is 6.51. The molecule has 0 aliphatic carbocycles. The highest BCUT2D eigenvalue weighted by molar-refractivity contribution is 9.10. The van der Waals surface area contributed by atoms with Crippen LogP contribution < -0.4 is 5.32 Å². The van der Waals surface area contributed by atoms with Crippen LogP contribution in [0, 0.1) is 6.92 Å². The average molecular weight is 294 g/mol. The third-order valence-electron chi connectivity index (χ3n) is 2.89. The normalized spacial score (nSPS) is 12.6. The molecule has 2 rings (SSSR count). The number of nitrogens with one attached hydrogen (secondary N) is 1. The number of benzene rings is 1. The molecule has 1 aromatic heterocycles. The fourth-order valence-corrected chi connectivity index (χ4v) is 2.14. The first-order valence-corrected chi connectivity index (χ1v) is 6.48. The smallest absolute Gasteiger partial charge is 0.120 e. The van der Waals surface area contributed by atoms with Crippen molar-refractivity contribution in [3.8, 4) is 0 Å². The fourth-order valence-electron chi connectivity index (χ4n) is 1.72. The molecule has 0 fully saturated rings. The van der Waals surface area contributed by atoms with Crippen molar-refractivity contribution in [1.29, 1.82) is 0 Å². The van der Waals surface area contributed by atoms with E-state index in [4.69, 9.17) is 4.42 Å². The quantitative estimate of drug-likeness (QED) is 0.914. The van der Waals surface area contributed by atoms with E-state index in [-0.39, 0.29) is 0 Å². The highest BCUT2D eigenvalue weighted by atomic mass is 79.9. The molecule has 3 heteroatoms. The molecule has 2 aromatic rings. The zero-order chi connectivity index (χ0) is 12.3. The van der Waals surface area contributed by atoms with Gasteiger partial charge in [-0.15, -0.1) is 0 Å². The lowest BCUT2D eigenvalue weighted by Crippen LogP contribution is -2.18. The van der Waals surface area contributed by atoms with Crippen LogP contribution in [0.3, 0.4) is 0 Å². The first-order valence-electron chi connectivity index (χ1n) is 5.68. The van der Waals surface area contributed by atoms with E-state index in [0.29, 0.717) is 6.04 Å². The molecule has 1 atom stereocenters. The summed E-state index contributed by atoms with van der Waals surface area (Å²) in [5, 5.41) is 3.45. The molecule has 1 N–H and O–H groups in total. The molecule has 0 radical (unpaired) electrons. The highest BCUT2D eigenvalue weighted by Crippen LogP contribution is 2.18. The van der Waals surface area contributed by atoms with Crippen molar-refractivity contribution in [2.75, 3.05) is 0 Å². The van der Waals surface area contributed by atoms with Gasteiger partial charge in [0.25, 0.3) is 0 Å². The van der Waals surface area contributed by atoms with E-state index in [1.54, 1.807) is 6.26 Å². The van der Waals surface area contributed by atoms with Gasteiger partial charge in [-0.2, -0.15) is 0 Å². The first-order chi connectivity index (χ1) is 8.16. The molecule has 1 heterocycles. The number of hydrogen-bond donors (Lipinski definition) is 1. The molecule has 0 aliphatic heterocycles. The van der Waals surface area contributed by atoms with Crippen LogP contribution >= 0.6 is 15.9 Å². The second-order valence-electron chi connectivity index (χ2n) is 4.18. The van der Waals surface area contributed by atoms with Crippen molar-refractivity contribution in [2.24, 2.45) is 0 Å². The summed E-state index contributed by atoms with van der Waals surface area (Å²) in [6.07, 6.45) is 1.73. The maximum Gasteiger partial charge on any atom is 0.120 e. The summed E-state index contributed by atoms with van der Waals surface area (Å²) in [7, 11) is 0. The van der Waals surface area contributed by atoms with Crippen LogP contribution in [0.25, 0.3) is 0 Å². The Balaban J connectivity index is 1.98.